The van der Waals surface area contributed by atoms with Gasteiger partial charge in [-0.15, -0.1) is 11.3 Å². The maximum absolute atomic E-state index is 13.1. The van der Waals surface area contributed by atoms with Gasteiger partial charge in [0, 0.05) is 58.2 Å². The molecule has 8 nitrogen and oxygen atoms in total. The lowest BCUT2D eigenvalue weighted by Gasteiger charge is -2.39. The molecule has 0 saturated carbocycles. The zero-order valence-electron chi connectivity index (χ0n) is 22.8. The number of thiophene rings is 1. The number of nitrogens with one attached hydrogen (secondary N) is 3. The number of ether oxygens (including phenoxy) is 2. The Morgan fingerprint density at radius 1 is 1.24 bits per heavy atom. The summed E-state index contributed by atoms with van der Waals surface area (Å²) in [6.45, 7) is 11.6. The molecule has 3 N–H and O–H groups in total. The van der Waals surface area contributed by atoms with Crippen molar-refractivity contribution >= 4 is 61.7 Å². The summed E-state index contributed by atoms with van der Waals surface area (Å²) in [7, 11) is 1.66. The van der Waals surface area contributed by atoms with Crippen LogP contribution in [0.5, 0.6) is 0 Å². The first-order valence-electron chi connectivity index (χ1n) is 12.9. The van der Waals surface area contributed by atoms with Crippen LogP contribution in [-0.4, -0.2) is 55.3 Å². The molecule has 38 heavy (non-hydrogen) atoms. The van der Waals surface area contributed by atoms with E-state index in [4.69, 9.17) is 9.47 Å². The molecule has 0 spiro atoms. The number of benzene rings is 1. The second-order valence-electron chi connectivity index (χ2n) is 10.6. The molecule has 0 aliphatic carbocycles. The summed E-state index contributed by atoms with van der Waals surface area (Å²) in [6.07, 6.45) is 0.745. The third-order valence-corrected chi connectivity index (χ3v) is 9.46. The molecule has 4 rings (SSSR count). The summed E-state index contributed by atoms with van der Waals surface area (Å²) in [6, 6.07) is 6.00. The van der Waals surface area contributed by atoms with Crippen molar-refractivity contribution in [1.29, 1.82) is 0 Å². The molecule has 11 heteroatoms. The second-order valence-corrected chi connectivity index (χ2v) is 13.7. The highest BCUT2D eigenvalue weighted by Gasteiger charge is 2.41. The Balaban J connectivity index is 1.63. The van der Waals surface area contributed by atoms with Gasteiger partial charge in [-0.05, 0) is 64.8 Å². The van der Waals surface area contributed by atoms with Crippen LogP contribution in [0.2, 0.25) is 0 Å². The number of carbonyl (C=O) groups excluding carboxylic acids is 2. The minimum Gasteiger partial charge on any atom is -0.444 e. The highest BCUT2D eigenvalue weighted by atomic mass is 79.9. The number of fused-ring (bicyclic) bond motifs is 2. The molecule has 3 heterocycles. The van der Waals surface area contributed by atoms with Crippen LogP contribution >= 0.6 is 39.0 Å². The Morgan fingerprint density at radius 2 is 2.00 bits per heavy atom. The molecule has 0 radical (unpaired) electrons. The molecule has 1 aromatic carbocycles. The number of anilines is 2. The molecule has 2 aliphatic heterocycles. The fourth-order valence-electron chi connectivity index (χ4n) is 4.80. The Morgan fingerprint density at radius 3 is 2.71 bits per heavy atom. The van der Waals surface area contributed by atoms with Crippen LogP contribution in [0, 0.1) is 0 Å². The van der Waals surface area contributed by atoms with Crippen molar-refractivity contribution in [1.82, 2.24) is 10.2 Å². The predicted octanol–water partition coefficient (Wildman–Crippen LogP) is 6.53. The van der Waals surface area contributed by atoms with E-state index in [1.807, 2.05) is 38.7 Å². The van der Waals surface area contributed by atoms with E-state index in [1.165, 1.54) is 5.56 Å². The van der Waals surface area contributed by atoms with Crippen LogP contribution in [0.4, 0.5) is 15.5 Å². The number of amides is 2. The van der Waals surface area contributed by atoms with Crippen LogP contribution in [0.1, 0.15) is 68.5 Å². The van der Waals surface area contributed by atoms with E-state index in [9.17, 15) is 9.59 Å². The lowest BCUT2D eigenvalue weighted by atomic mass is 9.93. The first kappa shape index (κ1) is 29.2. The summed E-state index contributed by atoms with van der Waals surface area (Å²) in [4.78, 5) is 30.2. The molecule has 2 amide bonds. The van der Waals surface area contributed by atoms with Crippen LogP contribution in [0.25, 0.3) is 0 Å². The van der Waals surface area contributed by atoms with Crippen molar-refractivity contribution in [2.45, 2.75) is 75.4 Å². The molecular formula is C27H37BrN4O4S2. The number of hydrogen-bond acceptors (Lipinski definition) is 8. The Bertz CT molecular complexity index is 1180. The van der Waals surface area contributed by atoms with Gasteiger partial charge in [0.25, 0.3) is 0 Å². The van der Waals surface area contributed by atoms with Crippen LogP contribution in [0.15, 0.2) is 27.6 Å². The van der Waals surface area contributed by atoms with Gasteiger partial charge < -0.3 is 25.4 Å². The number of thioether (sulfide) groups is 1. The summed E-state index contributed by atoms with van der Waals surface area (Å²) < 4.78 is 11.8. The largest absolute Gasteiger partial charge is 0.444 e. The Hall–Kier alpha value is -1.79. The number of methoxy groups -OCH3 is 1. The number of halogens is 1. The van der Waals surface area contributed by atoms with E-state index in [2.05, 4.69) is 50.9 Å². The molecule has 208 valence electrons. The van der Waals surface area contributed by atoms with Crippen molar-refractivity contribution in [3.8, 4) is 0 Å². The molecule has 0 bridgehead atoms. The van der Waals surface area contributed by atoms with Gasteiger partial charge in [0.05, 0.1) is 12.6 Å². The average molecular weight is 626 g/mol. The second kappa shape index (κ2) is 12.2. The van der Waals surface area contributed by atoms with Gasteiger partial charge in [-0.2, -0.15) is 0 Å². The Kier molecular flexibility index (Phi) is 9.34. The average Bonchev–Trinajstić information content (AvgIpc) is 3.38. The number of hydrogen-bond donors (Lipinski definition) is 3. The Labute approximate surface area is 241 Å². The SMILES string of the molecule is COCCNCCC(=O)Nc1sc2c(c1C1Nc3ccc(Br)cc3S1)CC(C)N(C(=O)OC(C)(C)C)C2C. The van der Waals surface area contributed by atoms with Crippen molar-refractivity contribution in [2.24, 2.45) is 0 Å². The van der Waals surface area contributed by atoms with Crippen LogP contribution in [-0.2, 0) is 20.7 Å². The van der Waals surface area contributed by atoms with E-state index in [0.29, 0.717) is 32.5 Å². The van der Waals surface area contributed by atoms with Gasteiger partial charge >= 0.3 is 6.09 Å². The molecular weight excluding hydrogens is 588 g/mol. The first-order chi connectivity index (χ1) is 18.0. The third kappa shape index (κ3) is 6.67. The zero-order valence-corrected chi connectivity index (χ0v) is 26.0. The normalized spacial score (nSPS) is 20.5. The van der Waals surface area contributed by atoms with Gasteiger partial charge in [0.1, 0.15) is 16.0 Å². The van der Waals surface area contributed by atoms with E-state index in [1.54, 1.807) is 30.2 Å². The first-order valence-corrected chi connectivity index (χ1v) is 15.4. The molecule has 2 aromatic rings. The highest BCUT2D eigenvalue weighted by molar-refractivity contribution is 9.10. The van der Waals surface area contributed by atoms with Gasteiger partial charge in [-0.25, -0.2) is 4.79 Å². The monoisotopic (exact) mass is 624 g/mol. The number of carbonyl (C=O) groups is 2. The zero-order chi connectivity index (χ0) is 27.6. The molecule has 1 aromatic heterocycles. The van der Waals surface area contributed by atoms with Crippen molar-refractivity contribution in [2.75, 3.05) is 37.4 Å². The summed E-state index contributed by atoms with van der Waals surface area (Å²) in [5.41, 5.74) is 2.82. The van der Waals surface area contributed by atoms with Crippen LogP contribution in [0.3, 0.4) is 0 Å². The molecule has 3 unspecified atom stereocenters. The quantitative estimate of drug-likeness (QED) is 0.287. The fourth-order valence-corrected chi connectivity index (χ4v) is 7.99. The molecule has 0 fully saturated rings. The fraction of sp³-hybridized carbons (Fsp3) is 0.556. The summed E-state index contributed by atoms with van der Waals surface area (Å²) in [5.74, 6) is -0.0391. The molecule has 0 saturated heterocycles. The topological polar surface area (TPSA) is 91.9 Å². The van der Waals surface area contributed by atoms with Gasteiger partial charge in [0.2, 0.25) is 5.91 Å². The molecule has 3 atom stereocenters. The van der Waals surface area contributed by atoms with Gasteiger partial charge in [-0.3, -0.25) is 9.69 Å². The van der Waals surface area contributed by atoms with Crippen molar-refractivity contribution in [3.05, 3.63) is 38.7 Å². The summed E-state index contributed by atoms with van der Waals surface area (Å²) in [5, 5.41) is 10.9. The molecule has 2 aliphatic rings. The third-order valence-electron chi connectivity index (χ3n) is 6.46. The van der Waals surface area contributed by atoms with Gasteiger partial charge in [0.15, 0.2) is 0 Å². The van der Waals surface area contributed by atoms with E-state index >= 15 is 0 Å². The highest BCUT2D eigenvalue weighted by Crippen LogP contribution is 2.54. The minimum absolute atomic E-state index is 0.0391. The summed E-state index contributed by atoms with van der Waals surface area (Å²) >= 11 is 6.90. The van der Waals surface area contributed by atoms with Crippen molar-refractivity contribution < 1.29 is 19.1 Å². The van der Waals surface area contributed by atoms with E-state index in [0.717, 1.165) is 30.5 Å². The maximum Gasteiger partial charge on any atom is 0.411 e. The van der Waals surface area contributed by atoms with Crippen molar-refractivity contribution in [3.63, 3.8) is 0 Å². The van der Waals surface area contributed by atoms with E-state index in [-0.39, 0.29) is 29.5 Å². The predicted molar refractivity (Wildman–Crippen MR) is 158 cm³/mol. The minimum atomic E-state index is -0.571. The van der Waals surface area contributed by atoms with Crippen LogP contribution < -0.4 is 16.0 Å². The number of rotatable bonds is 8. The maximum atomic E-state index is 13.1. The number of nitrogens with zero attached hydrogens (tertiary/aromatic N) is 1. The smallest absolute Gasteiger partial charge is 0.411 e. The standard InChI is InChI=1S/C27H37BrN4O4S2/c1-15-13-18-22(24-30-19-8-7-17(28)14-20(19)37-24)25(31-21(33)9-10-29-11-12-35-6)38-23(18)16(2)32(15)26(34)36-27(3,4)5/h7-8,14-16,24,29-30H,9-13H2,1-6H3,(H,31,33). The lowest BCUT2D eigenvalue weighted by molar-refractivity contribution is -0.116. The van der Waals surface area contributed by atoms with E-state index < -0.39 is 5.60 Å². The lowest BCUT2D eigenvalue weighted by Crippen LogP contribution is -2.46. The van der Waals surface area contributed by atoms with Gasteiger partial charge in [-0.1, -0.05) is 27.7 Å².